The average Bonchev–Trinajstić information content (AvgIpc) is 1.55. The van der Waals surface area contributed by atoms with Gasteiger partial charge in [0.05, 0.1) is 83.9 Å². The Morgan fingerprint density at radius 2 is 0.463 bits per heavy atom. The van der Waals surface area contributed by atoms with Crippen LogP contribution in [0.4, 0.5) is 0 Å². The topological polar surface area (TPSA) is 92.1 Å². The first-order valence-electron chi connectivity index (χ1n) is 52.1. The van der Waals surface area contributed by atoms with Gasteiger partial charge in [-0.25, -0.2) is 29.9 Å². The number of para-hydroxylation sites is 9. The van der Waals surface area contributed by atoms with E-state index in [1.807, 2.05) is 103 Å². The fraction of sp³-hybridized carbons (Fsp3) is 0. The second-order valence-corrected chi connectivity index (χ2v) is 29.5. The zero-order valence-corrected chi connectivity index (χ0v) is 64.7. The second-order valence-electron chi connectivity index (χ2n) is 29.5. The predicted molar refractivity (Wildman–Crippen MR) is 512 cm³/mol. The molecule has 0 spiro atoms. The summed E-state index contributed by atoms with van der Waals surface area (Å²) in [5, 5.41) is 9.84. The minimum absolute atomic E-state index is 0.0483. The number of benzene rings is 19. The third kappa shape index (κ3) is 13.1. The van der Waals surface area contributed by atoms with Crippen molar-refractivity contribution in [2.24, 2.45) is 0 Å². The Hall–Kier alpha value is -16.6. The van der Waals surface area contributed by atoms with Crippen molar-refractivity contribution in [1.82, 2.24) is 43.6 Å². The molecule has 25 aromatic rings. The number of hydrogen-bond acceptors (Lipinski definition) is 6. The Labute approximate surface area is 743 Å². The smallest absolute Gasteiger partial charge is 0.165 e. The molecule has 574 valence electrons. The van der Waals surface area contributed by atoms with Crippen LogP contribution in [0.15, 0.2) is 442 Å². The minimum atomic E-state index is -0.597. The maximum atomic E-state index is 8.79. The van der Waals surface area contributed by atoms with Crippen LogP contribution >= 0.6 is 0 Å². The number of fused-ring (bicyclic) bond motifs is 17. The van der Waals surface area contributed by atoms with E-state index >= 15 is 0 Å². The monoisotopic (exact) mass is 1590 g/mol. The van der Waals surface area contributed by atoms with E-state index in [9.17, 15) is 0 Å². The molecular formula is C114H73N9. The lowest BCUT2D eigenvalue weighted by atomic mass is 9.93. The summed E-state index contributed by atoms with van der Waals surface area (Å²) in [5.41, 5.74) is 16.7. The van der Waals surface area contributed by atoms with E-state index in [4.69, 9.17) is 64.2 Å². The maximum absolute atomic E-state index is 8.79. The quantitative estimate of drug-likeness (QED) is 0.127. The molecule has 0 fully saturated rings. The van der Waals surface area contributed by atoms with Gasteiger partial charge in [0.2, 0.25) is 0 Å². The van der Waals surface area contributed by atoms with Gasteiger partial charge in [0.15, 0.2) is 16.9 Å². The molecule has 9 heteroatoms. The Balaban J connectivity index is 0.000000123. The average molecular weight is 1590 g/mol. The van der Waals surface area contributed by atoms with E-state index < -0.39 is 127 Å². The molecule has 19 aromatic carbocycles. The lowest BCUT2D eigenvalue weighted by Gasteiger charge is -2.12. The molecule has 0 atom stereocenters. The zero-order valence-electron chi connectivity index (χ0n) is 89.7. The van der Waals surface area contributed by atoms with Crippen LogP contribution in [0.1, 0.15) is 34.3 Å². The van der Waals surface area contributed by atoms with Crippen molar-refractivity contribution in [1.29, 1.82) is 0 Å². The van der Waals surface area contributed by atoms with Crippen molar-refractivity contribution >= 4 is 132 Å². The van der Waals surface area contributed by atoms with Crippen LogP contribution < -0.4 is 0 Å². The molecule has 0 aliphatic heterocycles. The van der Waals surface area contributed by atoms with Gasteiger partial charge in [-0.3, -0.25) is 13.7 Å². The lowest BCUT2D eigenvalue weighted by Crippen LogP contribution is -1.96. The molecule has 123 heavy (non-hydrogen) atoms. The van der Waals surface area contributed by atoms with Crippen molar-refractivity contribution in [3.8, 4) is 95.0 Å². The first-order chi connectivity index (χ1) is 71.3. The summed E-state index contributed by atoms with van der Waals surface area (Å²) < 4.78 is 217. The molecule has 25 rings (SSSR count). The highest BCUT2D eigenvalue weighted by molar-refractivity contribution is 6.18. The fourth-order valence-electron chi connectivity index (χ4n) is 16.6. The van der Waals surface area contributed by atoms with E-state index in [1.165, 1.54) is 54.1 Å². The zero-order chi connectivity index (χ0) is 103. The fourth-order valence-corrected chi connectivity index (χ4v) is 16.6. The Bertz CT molecular complexity index is 9870. The van der Waals surface area contributed by atoms with Crippen molar-refractivity contribution in [3.05, 3.63) is 442 Å². The van der Waals surface area contributed by atoms with Gasteiger partial charge in [0.25, 0.3) is 0 Å². The van der Waals surface area contributed by atoms with Gasteiger partial charge in [0, 0.05) is 33.2 Å². The third-order valence-corrected chi connectivity index (χ3v) is 22.3. The van der Waals surface area contributed by atoms with Crippen molar-refractivity contribution in [2.45, 2.75) is 0 Å². The van der Waals surface area contributed by atoms with Gasteiger partial charge in [-0.05, 0) is 262 Å². The number of nitrogens with zero attached hydrogens (tertiary/aromatic N) is 9. The normalized spacial score (nSPS) is 14.4. The summed E-state index contributed by atoms with van der Waals surface area (Å²) in [4.78, 5) is 29.7. The Kier molecular flexibility index (Phi) is 12.4. The van der Waals surface area contributed by atoms with E-state index in [2.05, 4.69) is 114 Å². The highest BCUT2D eigenvalue weighted by Crippen LogP contribution is 2.43. The SMILES string of the molecule is [2H]c1c([2H])c([2H])c(-c2cc(-c3ccc4c(c3)c3nc5ccccc5nc3n4-c3c([2H])c([2H])c([2H])c([2H])c3[2H])cc(-c3c([2H])c([2H])c([2H])c([2H])c3[2H])c2)c([2H])c1[2H].[2H]c1c([2H])c([2H])c(-c2cc(-c3ccccc3)cc(-c3ccc4c(c3)c3nc5ccccc5nc3n4-c3c([2H])c([2H])c([2H])c([2H])c3[2H])c2)c([2H])c1[2H].c1ccc(-n2c3ccc(-c4ccc5c(ccc6c7ccccc7ccc56)c4)cc3c3nc4ccccc4nc32)cc1. The maximum Gasteiger partial charge on any atom is 0.165 e. The number of aromatic nitrogens is 9. The molecule has 0 bridgehead atoms. The summed E-state index contributed by atoms with van der Waals surface area (Å²) in [6, 6.07) is 82.1. The van der Waals surface area contributed by atoms with Crippen LogP contribution in [-0.4, -0.2) is 43.6 Å². The van der Waals surface area contributed by atoms with E-state index in [-0.39, 0.29) is 69.0 Å². The molecule has 0 aliphatic carbocycles. The van der Waals surface area contributed by atoms with Gasteiger partial charge in [-0.15, -0.1) is 0 Å². The van der Waals surface area contributed by atoms with E-state index in [1.54, 1.807) is 77.4 Å². The van der Waals surface area contributed by atoms with Crippen LogP contribution in [0.25, 0.3) is 227 Å². The van der Waals surface area contributed by atoms with Gasteiger partial charge in [-0.1, -0.05) is 291 Å². The summed E-state index contributed by atoms with van der Waals surface area (Å²) in [5.74, 6) is 0. The van der Waals surface area contributed by atoms with Crippen LogP contribution in [-0.2, 0) is 0 Å². The molecule has 0 amide bonds. The Morgan fingerprint density at radius 1 is 0.171 bits per heavy atom. The first-order valence-corrected chi connectivity index (χ1v) is 39.6. The van der Waals surface area contributed by atoms with Crippen molar-refractivity contribution in [3.63, 3.8) is 0 Å². The van der Waals surface area contributed by atoms with Crippen molar-refractivity contribution in [2.75, 3.05) is 0 Å². The van der Waals surface area contributed by atoms with Crippen LogP contribution in [0.3, 0.4) is 0 Å². The largest absolute Gasteiger partial charge is 0.293 e. The molecule has 0 saturated heterocycles. The lowest BCUT2D eigenvalue weighted by molar-refractivity contribution is 1.14. The summed E-state index contributed by atoms with van der Waals surface area (Å²) in [6.07, 6.45) is 0. The van der Waals surface area contributed by atoms with Crippen molar-refractivity contribution < 1.29 is 34.3 Å². The standard InChI is InChI=1S/C38H23N3.2C38H25N3/c1-2-9-28(10-3-1)41-36-21-17-26(23-33(36)37-38(41)40-35-13-7-6-12-34(35)39-37)25-15-18-30-27(22-25)16-20-31-29-11-5-4-8-24(29)14-19-32(30)31;2*1-4-12-26(13-5-1)29-22-30(27-14-6-2-7-15-27)24-31(23-29)28-20-21-36-33(25-28)37-38(41(36)32-16-8-3-9-17-32)40-35-19-11-10-18-34(35)39-37/h1-23H;2*1-25H/i;1D,2D,3D,4D,5D,6D,7D,8D,9D,12D,13D,14D,15D,16D,17D;1D,3D,4D,5D,8D,9D,12D,13D,16D,17D. The molecule has 6 heterocycles. The summed E-state index contributed by atoms with van der Waals surface area (Å²) in [7, 11) is 0. The van der Waals surface area contributed by atoms with Gasteiger partial charge < -0.3 is 0 Å². The molecule has 0 saturated carbocycles. The van der Waals surface area contributed by atoms with Crippen LogP contribution in [0.5, 0.6) is 0 Å². The third-order valence-electron chi connectivity index (χ3n) is 22.3. The molecule has 9 nitrogen and oxygen atoms in total. The molecule has 0 aliphatic rings. The van der Waals surface area contributed by atoms with E-state index in [0.717, 1.165) is 49.9 Å². The number of hydrogen-bond donors (Lipinski definition) is 0. The molecule has 0 N–H and O–H groups in total. The van der Waals surface area contributed by atoms with Crippen LogP contribution in [0, 0.1) is 0 Å². The summed E-state index contributed by atoms with van der Waals surface area (Å²) in [6.45, 7) is 0. The summed E-state index contributed by atoms with van der Waals surface area (Å²) >= 11 is 0. The number of rotatable bonds is 10. The molecule has 0 unspecified atom stereocenters. The molecule has 6 aromatic heterocycles. The first kappa shape index (κ1) is 50.2. The highest BCUT2D eigenvalue weighted by Gasteiger charge is 2.23. The van der Waals surface area contributed by atoms with Gasteiger partial charge in [-0.2, -0.15) is 0 Å². The molecule has 0 radical (unpaired) electrons. The molecular weight excluding hydrogens is 1500 g/mol. The van der Waals surface area contributed by atoms with E-state index in [0.29, 0.717) is 88.4 Å². The highest BCUT2D eigenvalue weighted by atomic mass is 15.1. The van der Waals surface area contributed by atoms with Crippen LogP contribution in [0.2, 0.25) is 0 Å². The van der Waals surface area contributed by atoms with Gasteiger partial charge in [0.1, 0.15) is 16.6 Å². The predicted octanol–water partition coefficient (Wildman–Crippen LogP) is 29.3. The second kappa shape index (κ2) is 30.4. The van der Waals surface area contributed by atoms with Gasteiger partial charge >= 0.3 is 0 Å². The Morgan fingerprint density at radius 3 is 0.878 bits per heavy atom. The minimum Gasteiger partial charge on any atom is -0.293 e.